The second-order valence-corrected chi connectivity index (χ2v) is 4.17. The third-order valence-corrected chi connectivity index (χ3v) is 2.50. The zero-order valence-electron chi connectivity index (χ0n) is 8.56. The molecule has 2 rings (SSSR count). The number of hydrogen-bond donors (Lipinski definition) is 1. The third kappa shape index (κ3) is 2.48. The van der Waals surface area contributed by atoms with E-state index in [4.69, 9.17) is 9.84 Å². The molecule has 0 aliphatic carbocycles. The van der Waals surface area contributed by atoms with Crippen LogP contribution in [0.5, 0.6) is 5.75 Å². The Kier molecular flexibility index (Phi) is 3.69. The van der Waals surface area contributed by atoms with Gasteiger partial charge in [-0.05, 0) is 22.0 Å². The van der Waals surface area contributed by atoms with Gasteiger partial charge >= 0.3 is 0 Å². The number of nitrogens with zero attached hydrogens (tertiary/aromatic N) is 2. The van der Waals surface area contributed by atoms with Crippen LogP contribution >= 0.6 is 15.9 Å². The summed E-state index contributed by atoms with van der Waals surface area (Å²) in [7, 11) is 0. The van der Waals surface area contributed by atoms with E-state index >= 15 is 0 Å². The summed E-state index contributed by atoms with van der Waals surface area (Å²) < 4.78 is 6.41. The second kappa shape index (κ2) is 5.23. The summed E-state index contributed by atoms with van der Waals surface area (Å²) in [6, 6.07) is 3.67. The van der Waals surface area contributed by atoms with Crippen molar-refractivity contribution in [1.82, 2.24) is 9.97 Å². The van der Waals surface area contributed by atoms with Crippen LogP contribution in [-0.4, -0.2) is 28.3 Å². The molecule has 0 aromatic carbocycles. The lowest BCUT2D eigenvalue weighted by Crippen LogP contribution is -2.01. The largest absolute Gasteiger partial charge is 0.491 e. The van der Waals surface area contributed by atoms with E-state index in [-0.39, 0.29) is 6.61 Å². The van der Waals surface area contributed by atoms with Crippen LogP contribution in [0, 0.1) is 0 Å². The number of pyridine rings is 2. The van der Waals surface area contributed by atoms with Gasteiger partial charge in [0.25, 0.3) is 0 Å². The highest BCUT2D eigenvalue weighted by Crippen LogP contribution is 2.23. The normalized spacial score (nSPS) is 10.6. The number of hydrogen-bond acceptors (Lipinski definition) is 4. The van der Waals surface area contributed by atoms with Crippen molar-refractivity contribution >= 4 is 27.0 Å². The van der Waals surface area contributed by atoms with E-state index in [1.165, 1.54) is 0 Å². The Morgan fingerprint density at radius 1 is 1.38 bits per heavy atom. The van der Waals surface area contributed by atoms with Crippen LogP contribution in [-0.2, 0) is 0 Å². The fourth-order valence-corrected chi connectivity index (χ4v) is 1.66. The summed E-state index contributed by atoms with van der Waals surface area (Å²) in [6.45, 7) is 0.606. The maximum absolute atomic E-state index is 8.68. The van der Waals surface area contributed by atoms with Gasteiger partial charge < -0.3 is 9.84 Å². The van der Waals surface area contributed by atoms with Crippen molar-refractivity contribution in [3.8, 4) is 5.75 Å². The lowest BCUT2D eigenvalue weighted by atomic mass is 10.3. The van der Waals surface area contributed by atoms with Crippen molar-refractivity contribution < 1.29 is 9.84 Å². The monoisotopic (exact) mass is 282 g/mol. The molecule has 0 bridgehead atoms. The molecule has 5 heteroatoms. The predicted molar refractivity (Wildman–Crippen MR) is 64.4 cm³/mol. The average molecular weight is 283 g/mol. The molecule has 0 amide bonds. The molecule has 2 aromatic heterocycles. The molecular weight excluding hydrogens is 272 g/mol. The van der Waals surface area contributed by atoms with Crippen LogP contribution in [0.2, 0.25) is 0 Å². The van der Waals surface area contributed by atoms with Gasteiger partial charge in [-0.25, -0.2) is 4.98 Å². The number of rotatable bonds is 4. The molecule has 0 atom stereocenters. The van der Waals surface area contributed by atoms with Gasteiger partial charge in [0.05, 0.1) is 12.1 Å². The van der Waals surface area contributed by atoms with Gasteiger partial charge in [-0.2, -0.15) is 0 Å². The van der Waals surface area contributed by atoms with Crippen molar-refractivity contribution in [2.24, 2.45) is 0 Å². The molecule has 1 N–H and O–H groups in total. The van der Waals surface area contributed by atoms with Gasteiger partial charge in [0, 0.05) is 36.0 Å². The van der Waals surface area contributed by atoms with Crippen LogP contribution in [0.1, 0.15) is 6.42 Å². The van der Waals surface area contributed by atoms with Gasteiger partial charge in [-0.3, -0.25) is 4.98 Å². The van der Waals surface area contributed by atoms with Gasteiger partial charge in [-0.1, -0.05) is 0 Å². The summed E-state index contributed by atoms with van der Waals surface area (Å²) in [5.74, 6) is 0.700. The zero-order valence-corrected chi connectivity index (χ0v) is 10.1. The first kappa shape index (κ1) is 11.3. The Labute approximate surface area is 101 Å². The summed E-state index contributed by atoms with van der Waals surface area (Å²) in [5, 5.41) is 8.68. The number of fused-ring (bicyclic) bond motifs is 1. The lowest BCUT2D eigenvalue weighted by Gasteiger charge is -2.07. The van der Waals surface area contributed by atoms with Crippen molar-refractivity contribution in [2.75, 3.05) is 13.2 Å². The minimum atomic E-state index is 0.127. The SMILES string of the molecule is OCCCOc1ccnc2cc(Br)cnc12. The number of ether oxygens (including phenoxy) is 1. The zero-order chi connectivity index (χ0) is 11.4. The molecule has 0 unspecified atom stereocenters. The summed E-state index contributed by atoms with van der Waals surface area (Å²) >= 11 is 3.34. The fourth-order valence-electron chi connectivity index (χ4n) is 1.34. The Morgan fingerprint density at radius 3 is 3.06 bits per heavy atom. The number of halogens is 1. The minimum Gasteiger partial charge on any atom is -0.491 e. The first-order chi connectivity index (χ1) is 7.81. The molecule has 0 aliphatic rings. The van der Waals surface area contributed by atoms with Crippen LogP contribution in [0.15, 0.2) is 29.0 Å². The van der Waals surface area contributed by atoms with E-state index in [1.54, 1.807) is 18.5 Å². The van der Waals surface area contributed by atoms with Gasteiger partial charge in [0.2, 0.25) is 0 Å². The molecule has 16 heavy (non-hydrogen) atoms. The van der Waals surface area contributed by atoms with Crippen LogP contribution in [0.4, 0.5) is 0 Å². The average Bonchev–Trinajstić information content (AvgIpc) is 2.29. The standard InChI is InChI=1S/C11H11BrN2O2/c12-8-6-9-11(14-7-8)10(2-3-13-9)16-5-1-4-15/h2-3,6-7,15H,1,4-5H2. The van der Waals surface area contributed by atoms with Crippen LogP contribution < -0.4 is 4.74 Å². The van der Waals surface area contributed by atoms with Crippen molar-refractivity contribution in [3.63, 3.8) is 0 Å². The molecule has 2 aromatic rings. The Bertz CT molecular complexity index is 490. The third-order valence-electron chi connectivity index (χ3n) is 2.07. The number of aliphatic hydroxyl groups is 1. The van der Waals surface area contributed by atoms with E-state index in [2.05, 4.69) is 25.9 Å². The lowest BCUT2D eigenvalue weighted by molar-refractivity contribution is 0.234. The van der Waals surface area contributed by atoms with Crippen molar-refractivity contribution in [2.45, 2.75) is 6.42 Å². The van der Waals surface area contributed by atoms with Gasteiger partial charge in [0.15, 0.2) is 0 Å². The quantitative estimate of drug-likeness (QED) is 0.873. The van der Waals surface area contributed by atoms with E-state index in [9.17, 15) is 0 Å². The van der Waals surface area contributed by atoms with Crippen LogP contribution in [0.25, 0.3) is 11.0 Å². The second-order valence-electron chi connectivity index (χ2n) is 3.26. The topological polar surface area (TPSA) is 55.2 Å². The van der Waals surface area contributed by atoms with E-state index < -0.39 is 0 Å². The maximum atomic E-state index is 8.68. The predicted octanol–water partition coefficient (Wildman–Crippen LogP) is 2.15. The molecule has 2 heterocycles. The van der Waals surface area contributed by atoms with Crippen LogP contribution in [0.3, 0.4) is 0 Å². The smallest absolute Gasteiger partial charge is 0.148 e. The Balaban J connectivity index is 2.30. The molecule has 0 spiro atoms. The molecule has 0 aliphatic heterocycles. The number of aliphatic hydroxyl groups excluding tert-OH is 1. The summed E-state index contributed by atoms with van der Waals surface area (Å²) in [6.07, 6.45) is 4.01. The fraction of sp³-hybridized carbons (Fsp3) is 0.273. The first-order valence-electron chi connectivity index (χ1n) is 4.95. The summed E-state index contributed by atoms with van der Waals surface area (Å²) in [4.78, 5) is 8.47. The van der Waals surface area contributed by atoms with Gasteiger partial charge in [0.1, 0.15) is 11.3 Å². The Hall–Kier alpha value is -1.20. The van der Waals surface area contributed by atoms with E-state index in [0.29, 0.717) is 18.8 Å². The molecule has 0 saturated heterocycles. The molecule has 4 nitrogen and oxygen atoms in total. The Morgan fingerprint density at radius 2 is 2.25 bits per heavy atom. The van der Waals surface area contributed by atoms with E-state index in [1.807, 2.05) is 6.07 Å². The molecule has 0 fully saturated rings. The van der Waals surface area contributed by atoms with Crippen molar-refractivity contribution in [3.05, 3.63) is 29.0 Å². The van der Waals surface area contributed by atoms with E-state index in [0.717, 1.165) is 15.5 Å². The van der Waals surface area contributed by atoms with Crippen molar-refractivity contribution in [1.29, 1.82) is 0 Å². The highest BCUT2D eigenvalue weighted by Gasteiger charge is 2.04. The first-order valence-corrected chi connectivity index (χ1v) is 5.74. The molecule has 0 saturated carbocycles. The minimum absolute atomic E-state index is 0.127. The van der Waals surface area contributed by atoms with Gasteiger partial charge in [-0.15, -0.1) is 0 Å². The highest BCUT2D eigenvalue weighted by atomic mass is 79.9. The summed E-state index contributed by atoms with van der Waals surface area (Å²) in [5.41, 5.74) is 1.53. The highest BCUT2D eigenvalue weighted by molar-refractivity contribution is 9.10. The molecule has 84 valence electrons. The number of aromatic nitrogens is 2. The maximum Gasteiger partial charge on any atom is 0.148 e. The molecule has 0 radical (unpaired) electrons. The molecular formula is C11H11BrN2O2.